The summed E-state index contributed by atoms with van der Waals surface area (Å²) in [5.41, 5.74) is 22.6. The fourth-order valence-corrected chi connectivity index (χ4v) is 15.3. The van der Waals surface area contributed by atoms with Gasteiger partial charge in [0.15, 0.2) is 0 Å². The van der Waals surface area contributed by atoms with Gasteiger partial charge < -0.3 is 13.8 Å². The molecule has 3 aromatic heterocycles. The van der Waals surface area contributed by atoms with Crippen LogP contribution in [-0.4, -0.2) is 11.4 Å². The van der Waals surface area contributed by atoms with E-state index in [-0.39, 0.29) is 39.3 Å². The number of fused-ring (bicyclic) bond motifs is 18. The first-order valence-corrected chi connectivity index (χ1v) is 27.4. The minimum Gasteiger partial charge on any atom is -0.456 e. The molecule has 0 unspecified atom stereocenters. The zero-order chi connectivity index (χ0) is 49.4. The molecule has 0 radical (unpaired) electrons. The van der Waals surface area contributed by atoms with Crippen LogP contribution in [0.25, 0.3) is 80.7 Å². The molecule has 2 aliphatic heterocycles. The summed E-state index contributed by atoms with van der Waals surface area (Å²) in [5.74, 6) is 0. The maximum Gasteiger partial charge on any atom is 0.333 e. The third-order valence-corrected chi connectivity index (χ3v) is 19.8. The van der Waals surface area contributed by atoms with E-state index < -0.39 is 0 Å². The van der Waals surface area contributed by atoms with Crippen LogP contribution >= 0.6 is 11.3 Å². The Hall–Kier alpha value is -5.78. The quantitative estimate of drug-likeness (QED) is 0.153. The largest absolute Gasteiger partial charge is 0.456 e. The fraction of sp³-hybridized carbons (Fsp3) is 0.364. The lowest BCUT2D eigenvalue weighted by Crippen LogP contribution is -2.60. The van der Waals surface area contributed by atoms with Crippen LogP contribution in [0, 0.1) is 0 Å². The number of hydrogen-bond donors (Lipinski definition) is 0. The normalized spacial score (nSPS) is 18.5. The Morgan fingerprint density at radius 1 is 0.535 bits per heavy atom. The molecule has 2 aliphatic carbocycles. The summed E-state index contributed by atoms with van der Waals surface area (Å²) in [6.45, 7) is 33.6. The Bertz CT molecular complexity index is 4020. The second-order valence-corrected chi connectivity index (χ2v) is 28.1. The summed E-state index contributed by atoms with van der Waals surface area (Å²) in [6.07, 6.45) is 4.70. The Morgan fingerprint density at radius 3 is 1.75 bits per heavy atom. The van der Waals surface area contributed by atoms with Gasteiger partial charge in [0, 0.05) is 64.3 Å². The van der Waals surface area contributed by atoms with Crippen LogP contribution < -0.4 is 15.7 Å². The molecule has 0 spiro atoms. The molecule has 5 heteroatoms. The molecular formula is C66H67BN2OS. The Morgan fingerprint density at radius 2 is 1.10 bits per heavy atom. The van der Waals surface area contributed by atoms with Gasteiger partial charge in [-0.3, -0.25) is 0 Å². The molecule has 0 saturated heterocycles. The fourth-order valence-electron chi connectivity index (χ4n) is 14.0. The third kappa shape index (κ3) is 5.85. The summed E-state index contributed by atoms with van der Waals surface area (Å²) >= 11 is 1.99. The highest BCUT2D eigenvalue weighted by atomic mass is 32.1. The standard InChI is InChI=1S/C66H67BN2OS/c1-61(2,3)36-19-22-38(23-20-36)69-51-32-41-40-30-44-47(66(13,14)28-26-63(44,7)8)35-53(40)70-52(41)33-43(51)55-56-39-17-15-16-18-54(39)71-60(56)57-42-31-45-46(65(11,12)27-25-64(45,9)10)34-50(42)68-49-24-21-37(62(4,5)6)29-48(49)67(69)58(55)59(57)68/h15-24,29-35H,25-28H2,1-14H3. The number of aromatic nitrogens is 1. The van der Waals surface area contributed by atoms with Crippen LogP contribution in [0.4, 0.5) is 11.4 Å². The van der Waals surface area contributed by atoms with Crippen molar-refractivity contribution >= 4 is 104 Å². The van der Waals surface area contributed by atoms with Crippen molar-refractivity contribution in [1.29, 1.82) is 0 Å². The summed E-state index contributed by atoms with van der Waals surface area (Å²) in [6, 6.07) is 41.5. The molecule has 0 N–H and O–H groups in total. The van der Waals surface area contributed by atoms with Crippen molar-refractivity contribution in [3.05, 3.63) is 137 Å². The van der Waals surface area contributed by atoms with Crippen molar-refractivity contribution in [2.75, 3.05) is 4.81 Å². The van der Waals surface area contributed by atoms with E-state index >= 15 is 0 Å². The SMILES string of the molecule is CC(C)(C)c1ccc(N2B3c4cc(C(C)(C)C)ccc4-n4c5cc6c(cc5c5c7sc8ccccc8c7c(c3c54)-c3cc4oc5cc7c(cc5c4cc32)C(C)(C)CCC7(C)C)C(C)(C)CCC6(C)C)cc1. The predicted molar refractivity (Wildman–Crippen MR) is 308 cm³/mol. The van der Waals surface area contributed by atoms with Crippen LogP contribution in [0.2, 0.25) is 0 Å². The van der Waals surface area contributed by atoms with Crippen molar-refractivity contribution in [3.8, 4) is 16.8 Å². The highest BCUT2D eigenvalue weighted by Crippen LogP contribution is 2.56. The predicted octanol–water partition coefficient (Wildman–Crippen LogP) is 17.6. The topological polar surface area (TPSA) is 21.3 Å². The van der Waals surface area contributed by atoms with Crippen molar-refractivity contribution in [1.82, 2.24) is 4.57 Å². The minimum absolute atomic E-state index is 0.0222. The Labute approximate surface area is 424 Å². The van der Waals surface area contributed by atoms with E-state index in [4.69, 9.17) is 4.42 Å². The van der Waals surface area contributed by atoms with E-state index in [1.54, 1.807) is 0 Å². The molecule has 71 heavy (non-hydrogen) atoms. The van der Waals surface area contributed by atoms with Crippen LogP contribution in [0.3, 0.4) is 0 Å². The number of thiophene rings is 1. The van der Waals surface area contributed by atoms with E-state index in [2.05, 4.69) is 209 Å². The monoisotopic (exact) mass is 947 g/mol. The minimum atomic E-state index is -0.108. The Balaban J connectivity index is 1.21. The third-order valence-electron chi connectivity index (χ3n) is 18.6. The van der Waals surface area contributed by atoms with Gasteiger partial charge in [0.1, 0.15) is 11.2 Å². The maximum atomic E-state index is 7.22. The van der Waals surface area contributed by atoms with Crippen molar-refractivity contribution in [2.24, 2.45) is 0 Å². The van der Waals surface area contributed by atoms with Crippen LogP contribution in [0.1, 0.15) is 156 Å². The number of benzene rings is 7. The number of rotatable bonds is 1. The summed E-state index contributed by atoms with van der Waals surface area (Å²) in [4.78, 5) is 2.75. The lowest BCUT2D eigenvalue weighted by Gasteiger charge is -2.43. The van der Waals surface area contributed by atoms with Crippen molar-refractivity contribution in [3.63, 3.8) is 0 Å². The first-order valence-electron chi connectivity index (χ1n) is 26.5. The molecular weight excluding hydrogens is 880 g/mol. The van der Waals surface area contributed by atoms with E-state index in [0.29, 0.717) is 0 Å². The van der Waals surface area contributed by atoms with Gasteiger partial charge in [0.05, 0.1) is 11.0 Å². The van der Waals surface area contributed by atoms with E-state index in [1.807, 2.05) is 11.3 Å². The van der Waals surface area contributed by atoms with Gasteiger partial charge in [-0.15, -0.1) is 11.3 Å². The maximum absolute atomic E-state index is 7.22. The van der Waals surface area contributed by atoms with Gasteiger partial charge in [-0.2, -0.15) is 0 Å². The number of anilines is 2. The molecule has 356 valence electrons. The van der Waals surface area contributed by atoms with E-state index in [9.17, 15) is 0 Å². The first kappa shape index (κ1) is 44.0. The van der Waals surface area contributed by atoms with E-state index in [0.717, 1.165) is 11.2 Å². The van der Waals surface area contributed by atoms with Crippen LogP contribution in [0.5, 0.6) is 0 Å². The molecule has 0 fully saturated rings. The average Bonchev–Trinajstić information content (AvgIpc) is 3.99. The second-order valence-electron chi connectivity index (χ2n) is 27.1. The highest BCUT2D eigenvalue weighted by Gasteiger charge is 2.48. The van der Waals surface area contributed by atoms with E-state index in [1.165, 1.54) is 151 Å². The zero-order valence-electron chi connectivity index (χ0n) is 44.4. The van der Waals surface area contributed by atoms with Gasteiger partial charge in [0.2, 0.25) is 0 Å². The van der Waals surface area contributed by atoms with Gasteiger partial charge in [-0.1, -0.05) is 139 Å². The van der Waals surface area contributed by atoms with Crippen LogP contribution in [0.15, 0.2) is 108 Å². The number of hydrogen-bond acceptors (Lipinski definition) is 3. The molecule has 5 heterocycles. The molecule has 3 nitrogen and oxygen atoms in total. The average molecular weight is 947 g/mol. The van der Waals surface area contributed by atoms with Crippen molar-refractivity contribution in [2.45, 2.75) is 155 Å². The summed E-state index contributed by atoms with van der Waals surface area (Å²) in [5, 5.41) is 7.91. The molecule has 0 saturated carbocycles. The second kappa shape index (κ2) is 13.6. The lowest BCUT2D eigenvalue weighted by atomic mass is 9.43. The molecule has 4 aliphatic rings. The lowest BCUT2D eigenvalue weighted by molar-refractivity contribution is 0.332. The van der Waals surface area contributed by atoms with Gasteiger partial charge in [-0.05, 0) is 169 Å². The van der Waals surface area contributed by atoms with Crippen LogP contribution in [-0.2, 0) is 32.5 Å². The summed E-state index contributed by atoms with van der Waals surface area (Å²) in [7, 11) is 0. The molecule has 14 rings (SSSR count). The Kier molecular flexibility index (Phi) is 8.44. The smallest absolute Gasteiger partial charge is 0.333 e. The molecule has 10 aromatic rings. The zero-order valence-corrected chi connectivity index (χ0v) is 45.2. The summed E-state index contributed by atoms with van der Waals surface area (Å²) < 4.78 is 12.7. The molecule has 0 atom stereocenters. The highest BCUT2D eigenvalue weighted by molar-refractivity contribution is 7.27. The first-order chi connectivity index (χ1) is 33.4. The van der Waals surface area contributed by atoms with Gasteiger partial charge >= 0.3 is 6.85 Å². The molecule has 7 aromatic carbocycles. The van der Waals surface area contributed by atoms with Gasteiger partial charge in [-0.25, -0.2) is 0 Å². The molecule has 0 amide bonds. The number of furan rings is 1. The number of nitrogens with zero attached hydrogens (tertiary/aromatic N) is 2. The van der Waals surface area contributed by atoms with Crippen molar-refractivity contribution < 1.29 is 4.42 Å². The van der Waals surface area contributed by atoms with Gasteiger partial charge in [0.25, 0.3) is 0 Å². The molecule has 0 bridgehead atoms.